The van der Waals surface area contributed by atoms with Crippen LogP contribution in [-0.4, -0.2) is 17.5 Å². The maximum absolute atomic E-state index is 12.8. The van der Waals surface area contributed by atoms with E-state index in [1.165, 1.54) is 6.07 Å². The van der Waals surface area contributed by atoms with Gasteiger partial charge in [0.05, 0.1) is 11.3 Å². The number of hydrogen-bond acceptors (Lipinski definition) is 4. The van der Waals surface area contributed by atoms with Crippen LogP contribution in [-0.2, 0) is 22.4 Å². The number of halogens is 3. The van der Waals surface area contributed by atoms with Gasteiger partial charge >= 0.3 is 18.0 Å². The summed E-state index contributed by atoms with van der Waals surface area (Å²) in [7, 11) is 0. The summed E-state index contributed by atoms with van der Waals surface area (Å²) in [5.74, 6) is -1.61. The van der Waals surface area contributed by atoms with Gasteiger partial charge in [-0.3, -0.25) is 9.59 Å². The molecule has 0 spiro atoms. The van der Waals surface area contributed by atoms with Gasteiger partial charge < -0.3 is 10.1 Å². The largest absolute Gasteiger partial charge is 0.489 e. The van der Waals surface area contributed by atoms with Gasteiger partial charge in [-0.05, 0) is 60.5 Å². The molecule has 0 saturated carbocycles. The van der Waals surface area contributed by atoms with Crippen molar-refractivity contribution in [1.82, 2.24) is 5.43 Å². The van der Waals surface area contributed by atoms with Gasteiger partial charge in [0.2, 0.25) is 0 Å². The SMILES string of the molecule is CC(=NNC(=O)C(=O)Nc1cccc(C(F)(F)F)c1)c1ccc(OCc2ccccc2)cc1. The molecule has 0 radical (unpaired) electrons. The highest BCUT2D eigenvalue weighted by atomic mass is 19.4. The van der Waals surface area contributed by atoms with Crippen LogP contribution < -0.4 is 15.5 Å². The van der Waals surface area contributed by atoms with E-state index in [1.807, 2.05) is 30.3 Å². The summed E-state index contributed by atoms with van der Waals surface area (Å²) < 4.78 is 44.0. The van der Waals surface area contributed by atoms with E-state index in [2.05, 4.69) is 15.8 Å². The molecule has 0 aliphatic carbocycles. The number of nitrogens with one attached hydrogen (secondary N) is 2. The Hall–Kier alpha value is -4.14. The van der Waals surface area contributed by atoms with Crippen LogP contribution in [0.25, 0.3) is 0 Å². The normalized spacial score (nSPS) is 11.6. The highest BCUT2D eigenvalue weighted by Crippen LogP contribution is 2.30. The molecule has 9 heteroatoms. The predicted molar refractivity (Wildman–Crippen MR) is 118 cm³/mol. The average Bonchev–Trinajstić information content (AvgIpc) is 2.81. The van der Waals surface area contributed by atoms with Crippen molar-refractivity contribution in [3.05, 3.63) is 95.6 Å². The van der Waals surface area contributed by atoms with Gasteiger partial charge in [0, 0.05) is 5.69 Å². The maximum Gasteiger partial charge on any atom is 0.416 e. The molecule has 3 aromatic carbocycles. The number of nitrogens with zero attached hydrogens (tertiary/aromatic N) is 1. The van der Waals surface area contributed by atoms with E-state index in [0.717, 1.165) is 23.8 Å². The number of alkyl halides is 3. The quantitative estimate of drug-likeness (QED) is 0.320. The van der Waals surface area contributed by atoms with E-state index in [-0.39, 0.29) is 5.69 Å². The third-order valence-corrected chi connectivity index (χ3v) is 4.50. The highest BCUT2D eigenvalue weighted by Gasteiger charge is 2.30. The molecule has 0 unspecified atom stereocenters. The molecule has 2 amide bonds. The minimum Gasteiger partial charge on any atom is -0.489 e. The molecule has 0 fully saturated rings. The van der Waals surface area contributed by atoms with E-state index in [0.29, 0.717) is 23.6 Å². The molecular formula is C24H20F3N3O3. The molecule has 2 N–H and O–H groups in total. The molecule has 3 rings (SSSR count). The number of ether oxygens (including phenoxy) is 1. The highest BCUT2D eigenvalue weighted by molar-refractivity contribution is 6.39. The monoisotopic (exact) mass is 455 g/mol. The Morgan fingerprint density at radius 3 is 2.27 bits per heavy atom. The van der Waals surface area contributed by atoms with Gasteiger partial charge in [-0.25, -0.2) is 5.43 Å². The second kappa shape index (κ2) is 10.4. The molecule has 3 aromatic rings. The minimum atomic E-state index is -4.56. The van der Waals surface area contributed by atoms with Crippen LogP contribution in [0.15, 0.2) is 84.0 Å². The van der Waals surface area contributed by atoms with Crippen LogP contribution in [0, 0.1) is 0 Å². The van der Waals surface area contributed by atoms with Crippen molar-refractivity contribution in [1.29, 1.82) is 0 Å². The Morgan fingerprint density at radius 2 is 1.61 bits per heavy atom. The van der Waals surface area contributed by atoms with Gasteiger partial charge in [0.1, 0.15) is 12.4 Å². The van der Waals surface area contributed by atoms with Crippen LogP contribution in [0.3, 0.4) is 0 Å². The van der Waals surface area contributed by atoms with Crippen LogP contribution in [0.1, 0.15) is 23.6 Å². The zero-order valence-corrected chi connectivity index (χ0v) is 17.5. The lowest BCUT2D eigenvalue weighted by Gasteiger charge is -2.09. The number of anilines is 1. The van der Waals surface area contributed by atoms with Crippen LogP contribution >= 0.6 is 0 Å². The first kappa shape index (κ1) is 23.5. The van der Waals surface area contributed by atoms with Crippen LogP contribution in [0.5, 0.6) is 5.75 Å². The minimum absolute atomic E-state index is 0.156. The molecule has 0 aliphatic heterocycles. The van der Waals surface area contributed by atoms with Gasteiger partial charge in [0.15, 0.2) is 0 Å². The number of hydrogen-bond donors (Lipinski definition) is 2. The fourth-order valence-corrected chi connectivity index (χ4v) is 2.74. The van der Waals surface area contributed by atoms with Crippen molar-refractivity contribution >= 4 is 23.2 Å². The topological polar surface area (TPSA) is 79.8 Å². The first-order valence-electron chi connectivity index (χ1n) is 9.82. The number of carbonyl (C=O) groups is 2. The van der Waals surface area contributed by atoms with Crippen molar-refractivity contribution in [2.75, 3.05) is 5.32 Å². The molecule has 0 saturated heterocycles. The van der Waals surface area contributed by atoms with E-state index in [9.17, 15) is 22.8 Å². The van der Waals surface area contributed by atoms with Gasteiger partial charge in [0.25, 0.3) is 0 Å². The van der Waals surface area contributed by atoms with E-state index < -0.39 is 23.6 Å². The zero-order chi connectivity index (χ0) is 23.8. The van der Waals surface area contributed by atoms with E-state index in [1.54, 1.807) is 31.2 Å². The summed E-state index contributed by atoms with van der Waals surface area (Å²) in [4.78, 5) is 23.9. The first-order chi connectivity index (χ1) is 15.7. The fraction of sp³-hybridized carbons (Fsp3) is 0.125. The fourth-order valence-electron chi connectivity index (χ4n) is 2.74. The second-order valence-corrected chi connectivity index (χ2v) is 6.97. The third-order valence-electron chi connectivity index (χ3n) is 4.50. The van der Waals surface area contributed by atoms with Crippen molar-refractivity contribution < 1.29 is 27.5 Å². The molecule has 170 valence electrons. The number of carbonyl (C=O) groups excluding carboxylic acids is 2. The van der Waals surface area contributed by atoms with Crippen LogP contribution in [0.4, 0.5) is 18.9 Å². The van der Waals surface area contributed by atoms with Crippen molar-refractivity contribution in [3.63, 3.8) is 0 Å². The Bertz CT molecular complexity index is 1140. The number of rotatable bonds is 6. The average molecular weight is 455 g/mol. The summed E-state index contributed by atoms with van der Waals surface area (Å²) >= 11 is 0. The van der Waals surface area contributed by atoms with Gasteiger partial charge in [-0.2, -0.15) is 18.3 Å². The second-order valence-electron chi connectivity index (χ2n) is 6.97. The number of benzene rings is 3. The lowest BCUT2D eigenvalue weighted by molar-refractivity contribution is -0.137. The Labute approximate surface area is 188 Å². The Morgan fingerprint density at radius 1 is 0.909 bits per heavy atom. The smallest absolute Gasteiger partial charge is 0.416 e. The summed E-state index contributed by atoms with van der Waals surface area (Å²) in [6, 6.07) is 20.7. The van der Waals surface area contributed by atoms with Crippen molar-refractivity contribution in [2.45, 2.75) is 19.7 Å². The summed E-state index contributed by atoms with van der Waals surface area (Å²) in [5.41, 5.74) is 3.13. The maximum atomic E-state index is 12.8. The van der Waals surface area contributed by atoms with Crippen molar-refractivity contribution in [3.8, 4) is 5.75 Å². The van der Waals surface area contributed by atoms with Gasteiger partial charge in [-0.1, -0.05) is 36.4 Å². The third kappa shape index (κ3) is 6.93. The molecular weight excluding hydrogens is 435 g/mol. The standard InChI is InChI=1S/C24H20F3N3O3/c1-16(18-10-12-21(13-11-18)33-15-17-6-3-2-4-7-17)29-30-23(32)22(31)28-20-9-5-8-19(14-20)24(25,26)27/h2-14H,15H2,1H3,(H,28,31)(H,30,32). The van der Waals surface area contributed by atoms with Crippen LogP contribution in [0.2, 0.25) is 0 Å². The molecule has 33 heavy (non-hydrogen) atoms. The molecule has 6 nitrogen and oxygen atoms in total. The van der Waals surface area contributed by atoms with E-state index >= 15 is 0 Å². The number of hydrazone groups is 1. The summed E-state index contributed by atoms with van der Waals surface area (Å²) in [5, 5.41) is 5.99. The molecule has 0 aromatic heterocycles. The first-order valence-corrected chi connectivity index (χ1v) is 9.82. The summed E-state index contributed by atoms with van der Waals surface area (Å²) in [6.45, 7) is 2.05. The predicted octanol–water partition coefficient (Wildman–Crippen LogP) is 4.76. The van der Waals surface area contributed by atoms with E-state index in [4.69, 9.17) is 4.74 Å². The van der Waals surface area contributed by atoms with Gasteiger partial charge in [-0.15, -0.1) is 0 Å². The molecule has 0 aliphatic rings. The Kier molecular flexibility index (Phi) is 7.45. The molecule has 0 bridgehead atoms. The molecule has 0 atom stereocenters. The lowest BCUT2D eigenvalue weighted by Crippen LogP contribution is -2.33. The number of amides is 2. The molecule has 0 heterocycles. The Balaban J connectivity index is 1.54. The lowest BCUT2D eigenvalue weighted by atomic mass is 10.1. The summed E-state index contributed by atoms with van der Waals surface area (Å²) in [6.07, 6.45) is -4.56. The van der Waals surface area contributed by atoms with Crippen molar-refractivity contribution in [2.24, 2.45) is 5.10 Å². The zero-order valence-electron chi connectivity index (χ0n) is 17.5.